The van der Waals surface area contributed by atoms with Gasteiger partial charge in [0.05, 0.1) is 7.11 Å². The molecule has 0 atom stereocenters. The van der Waals surface area contributed by atoms with E-state index in [4.69, 9.17) is 4.74 Å². The Labute approximate surface area is 154 Å². The molecule has 0 aliphatic heterocycles. The molecule has 0 unspecified atom stereocenters. The Morgan fingerprint density at radius 3 is 2.50 bits per heavy atom. The van der Waals surface area contributed by atoms with E-state index in [1.165, 1.54) is 18.4 Å². The molecule has 1 aromatic heterocycles. The van der Waals surface area contributed by atoms with Crippen LogP contribution in [0, 0.1) is 6.92 Å². The Hall–Kier alpha value is -1.66. The van der Waals surface area contributed by atoms with E-state index in [1.807, 2.05) is 38.1 Å². The van der Waals surface area contributed by atoms with Crippen molar-refractivity contribution in [1.82, 2.24) is 0 Å². The fourth-order valence-electron chi connectivity index (χ4n) is 2.42. The number of hydrogen-bond acceptors (Lipinski definition) is 4. The monoisotopic (exact) mass is 409 g/mol. The maximum Gasteiger partial charge on any atom is 0.341 e. The molecule has 6 heteroatoms. The minimum atomic E-state index is -0.442. The standard InChI is InChI=1S/C18H20BrNO3S/c1-4-5-6-14(21)20-17-16(18(22)23-3)15(11(2)24-17)12-7-9-13(19)10-8-12/h7-10H,4-6H2,1-3H3,(H,20,21). The first kappa shape index (κ1) is 18.7. The lowest BCUT2D eigenvalue weighted by atomic mass is 10.0. The van der Waals surface area contributed by atoms with Crippen LogP contribution in [0.3, 0.4) is 0 Å². The number of aryl methyl sites for hydroxylation is 1. The van der Waals surface area contributed by atoms with Crippen LogP contribution in [0.25, 0.3) is 11.1 Å². The quantitative estimate of drug-likeness (QED) is 0.649. The first-order valence-electron chi connectivity index (χ1n) is 7.75. The summed E-state index contributed by atoms with van der Waals surface area (Å²) < 4.78 is 5.91. The highest BCUT2D eigenvalue weighted by atomic mass is 79.9. The zero-order valence-electron chi connectivity index (χ0n) is 13.9. The number of benzene rings is 1. The summed E-state index contributed by atoms with van der Waals surface area (Å²) in [4.78, 5) is 25.4. The fourth-order valence-corrected chi connectivity index (χ4v) is 3.76. The van der Waals surface area contributed by atoms with E-state index in [0.717, 1.165) is 33.3 Å². The van der Waals surface area contributed by atoms with Gasteiger partial charge in [-0.25, -0.2) is 4.79 Å². The van der Waals surface area contributed by atoms with E-state index < -0.39 is 5.97 Å². The number of rotatable bonds is 6. The van der Waals surface area contributed by atoms with Gasteiger partial charge in [0.2, 0.25) is 5.91 Å². The van der Waals surface area contributed by atoms with Crippen molar-refractivity contribution in [2.45, 2.75) is 33.1 Å². The first-order chi connectivity index (χ1) is 11.5. The number of carbonyl (C=O) groups is 2. The third-order valence-corrected chi connectivity index (χ3v) is 5.17. The molecule has 0 fully saturated rings. The Kier molecular flexibility index (Phi) is 6.57. The van der Waals surface area contributed by atoms with Crippen LogP contribution in [0.4, 0.5) is 5.00 Å². The largest absolute Gasteiger partial charge is 0.465 e. The van der Waals surface area contributed by atoms with Gasteiger partial charge in [-0.2, -0.15) is 0 Å². The highest BCUT2D eigenvalue weighted by molar-refractivity contribution is 9.10. The van der Waals surface area contributed by atoms with Gasteiger partial charge >= 0.3 is 5.97 Å². The Morgan fingerprint density at radius 1 is 1.25 bits per heavy atom. The second kappa shape index (κ2) is 8.44. The highest BCUT2D eigenvalue weighted by Gasteiger charge is 2.24. The molecule has 0 spiro atoms. The number of anilines is 1. The lowest BCUT2D eigenvalue weighted by Gasteiger charge is -2.08. The number of halogens is 1. The van der Waals surface area contributed by atoms with E-state index in [9.17, 15) is 9.59 Å². The minimum absolute atomic E-state index is 0.0781. The van der Waals surface area contributed by atoms with Crippen molar-refractivity contribution in [2.75, 3.05) is 12.4 Å². The van der Waals surface area contributed by atoms with E-state index in [1.54, 1.807) is 0 Å². The molecule has 4 nitrogen and oxygen atoms in total. The van der Waals surface area contributed by atoms with Crippen molar-refractivity contribution in [3.63, 3.8) is 0 Å². The van der Waals surface area contributed by atoms with Crippen LogP contribution >= 0.6 is 27.3 Å². The molecule has 1 amide bonds. The number of thiophene rings is 1. The fraction of sp³-hybridized carbons (Fsp3) is 0.333. The molecular weight excluding hydrogens is 390 g/mol. The van der Waals surface area contributed by atoms with E-state index in [-0.39, 0.29) is 5.91 Å². The van der Waals surface area contributed by atoms with Crippen LogP contribution in [0.1, 0.15) is 41.4 Å². The number of nitrogens with one attached hydrogen (secondary N) is 1. The molecule has 0 saturated heterocycles. The first-order valence-corrected chi connectivity index (χ1v) is 9.36. The third kappa shape index (κ3) is 4.24. The Balaban J connectivity index is 2.45. The van der Waals surface area contributed by atoms with Crippen molar-refractivity contribution >= 4 is 44.1 Å². The molecule has 2 rings (SSSR count). The van der Waals surface area contributed by atoms with Crippen molar-refractivity contribution in [3.05, 3.63) is 39.2 Å². The summed E-state index contributed by atoms with van der Waals surface area (Å²) in [5.41, 5.74) is 2.15. The molecule has 2 aromatic rings. The van der Waals surface area contributed by atoms with Gasteiger partial charge in [0.25, 0.3) is 0 Å². The lowest BCUT2D eigenvalue weighted by Crippen LogP contribution is -2.13. The molecule has 0 aliphatic carbocycles. The summed E-state index contributed by atoms with van der Waals surface area (Å²) in [7, 11) is 1.35. The van der Waals surface area contributed by atoms with Gasteiger partial charge in [-0.3, -0.25) is 4.79 Å². The van der Waals surface area contributed by atoms with Gasteiger partial charge in [0.15, 0.2) is 0 Å². The van der Waals surface area contributed by atoms with Gasteiger partial charge in [-0.05, 0) is 31.0 Å². The molecule has 0 aliphatic rings. The zero-order chi connectivity index (χ0) is 17.7. The molecule has 1 heterocycles. The molecular formula is C18H20BrNO3S. The van der Waals surface area contributed by atoms with Crippen molar-refractivity contribution in [2.24, 2.45) is 0 Å². The van der Waals surface area contributed by atoms with Crippen LogP contribution in [0.2, 0.25) is 0 Å². The Bertz CT molecular complexity index is 737. The number of esters is 1. The van der Waals surface area contributed by atoms with Gasteiger partial charge in [-0.1, -0.05) is 41.4 Å². The number of unbranched alkanes of at least 4 members (excludes halogenated alkanes) is 1. The maximum atomic E-state index is 12.3. The number of ether oxygens (including phenoxy) is 1. The maximum absolute atomic E-state index is 12.3. The smallest absolute Gasteiger partial charge is 0.341 e. The van der Waals surface area contributed by atoms with Crippen LogP contribution in [-0.4, -0.2) is 19.0 Å². The van der Waals surface area contributed by atoms with Gasteiger partial charge in [0.1, 0.15) is 10.6 Å². The van der Waals surface area contributed by atoms with Crippen molar-refractivity contribution < 1.29 is 14.3 Å². The molecule has 1 N–H and O–H groups in total. The highest BCUT2D eigenvalue weighted by Crippen LogP contribution is 2.40. The van der Waals surface area contributed by atoms with Crippen molar-refractivity contribution in [3.8, 4) is 11.1 Å². The summed E-state index contributed by atoms with van der Waals surface area (Å²) in [5.74, 6) is -0.520. The average Bonchev–Trinajstić information content (AvgIpc) is 2.89. The number of hydrogen-bond donors (Lipinski definition) is 1. The topological polar surface area (TPSA) is 55.4 Å². The third-order valence-electron chi connectivity index (χ3n) is 3.62. The minimum Gasteiger partial charge on any atom is -0.465 e. The normalized spacial score (nSPS) is 10.5. The SMILES string of the molecule is CCCCC(=O)Nc1sc(C)c(-c2ccc(Br)cc2)c1C(=O)OC. The number of carbonyl (C=O) groups excluding carboxylic acids is 2. The summed E-state index contributed by atoms with van der Waals surface area (Å²) in [5, 5.41) is 3.43. The number of amides is 1. The molecule has 128 valence electrons. The van der Waals surface area contributed by atoms with E-state index in [2.05, 4.69) is 21.2 Å². The number of methoxy groups -OCH3 is 1. The van der Waals surface area contributed by atoms with Gasteiger partial charge in [-0.15, -0.1) is 11.3 Å². The van der Waals surface area contributed by atoms with E-state index >= 15 is 0 Å². The molecule has 24 heavy (non-hydrogen) atoms. The molecule has 0 saturated carbocycles. The summed E-state index contributed by atoms with van der Waals surface area (Å²) in [6.45, 7) is 3.98. The predicted molar refractivity (Wildman–Crippen MR) is 102 cm³/mol. The molecule has 0 bridgehead atoms. The molecule has 1 aromatic carbocycles. The Morgan fingerprint density at radius 2 is 1.92 bits per heavy atom. The van der Waals surface area contributed by atoms with Crippen LogP contribution < -0.4 is 5.32 Å². The van der Waals surface area contributed by atoms with Gasteiger partial charge < -0.3 is 10.1 Å². The lowest BCUT2D eigenvalue weighted by molar-refractivity contribution is -0.116. The molecule has 0 radical (unpaired) electrons. The summed E-state index contributed by atoms with van der Waals surface area (Å²) >= 11 is 4.81. The summed E-state index contributed by atoms with van der Waals surface area (Å²) in [6, 6.07) is 7.72. The second-order valence-electron chi connectivity index (χ2n) is 5.39. The predicted octanol–water partition coefficient (Wildman–Crippen LogP) is 5.40. The van der Waals surface area contributed by atoms with Crippen LogP contribution in [0.15, 0.2) is 28.7 Å². The second-order valence-corrected chi connectivity index (χ2v) is 7.53. The van der Waals surface area contributed by atoms with Crippen LogP contribution in [-0.2, 0) is 9.53 Å². The zero-order valence-corrected chi connectivity index (χ0v) is 16.3. The van der Waals surface area contributed by atoms with E-state index in [0.29, 0.717) is 17.0 Å². The summed E-state index contributed by atoms with van der Waals surface area (Å²) in [6.07, 6.45) is 2.22. The van der Waals surface area contributed by atoms with Gasteiger partial charge in [0, 0.05) is 21.3 Å². The van der Waals surface area contributed by atoms with Crippen molar-refractivity contribution in [1.29, 1.82) is 0 Å². The average molecular weight is 410 g/mol. The van der Waals surface area contributed by atoms with Crippen LogP contribution in [0.5, 0.6) is 0 Å².